The number of thioether (sulfide) groups is 1. The second-order valence-electron chi connectivity index (χ2n) is 9.13. The number of ether oxygens (including phenoxy) is 3. The van der Waals surface area contributed by atoms with Gasteiger partial charge in [-0.15, -0.1) is 5.10 Å². The fourth-order valence-corrected chi connectivity index (χ4v) is 5.04. The van der Waals surface area contributed by atoms with Crippen LogP contribution in [0, 0.1) is 0 Å². The summed E-state index contributed by atoms with van der Waals surface area (Å²) in [5.74, 6) is -0.510. The number of hydrogen-bond donors (Lipinski definition) is 1. The number of primary sulfonamides is 1. The van der Waals surface area contributed by atoms with Gasteiger partial charge in [0.2, 0.25) is 15.2 Å². The smallest absolute Gasteiger partial charge is 0.330 e. The first kappa shape index (κ1) is 32.1. The normalized spacial score (nSPS) is 11.3. The van der Waals surface area contributed by atoms with E-state index in [-0.39, 0.29) is 23.0 Å². The van der Waals surface area contributed by atoms with Crippen LogP contribution in [0.15, 0.2) is 88.9 Å². The third-order valence-electron chi connectivity index (χ3n) is 5.68. The van der Waals surface area contributed by atoms with Crippen molar-refractivity contribution in [3.63, 3.8) is 0 Å². The Bertz CT molecular complexity index is 1790. The van der Waals surface area contributed by atoms with Crippen molar-refractivity contribution in [2.24, 2.45) is 5.14 Å². The minimum Gasteiger partial charge on any atom is -0.462 e. The standard InChI is InChI=1S/C30H28N4O8S2/c1-20(35)41-26-15-9-22(19-27(26)42-21(2)36)10-16-28(37)40-17-6-18-43-30-32-29(34(33-30)24-7-4-3-5-8-24)23-11-13-25(14-12-23)44(31,38)39/h3-5,7-16,19H,6,17-18H2,1-2H3,(H2,31,38,39)/b16-10+. The van der Waals surface area contributed by atoms with Gasteiger partial charge >= 0.3 is 17.9 Å². The van der Waals surface area contributed by atoms with Crippen molar-refractivity contribution in [3.8, 4) is 28.6 Å². The van der Waals surface area contributed by atoms with Gasteiger partial charge in [0.15, 0.2) is 17.3 Å². The summed E-state index contributed by atoms with van der Waals surface area (Å²) in [7, 11) is -3.83. The summed E-state index contributed by atoms with van der Waals surface area (Å²) < 4.78 is 40.4. The molecule has 0 spiro atoms. The van der Waals surface area contributed by atoms with Crippen LogP contribution in [0.25, 0.3) is 23.2 Å². The molecule has 228 valence electrons. The second kappa shape index (κ2) is 14.6. The lowest BCUT2D eigenvalue weighted by molar-refractivity contribution is -0.137. The average Bonchev–Trinajstić information content (AvgIpc) is 3.41. The zero-order valence-corrected chi connectivity index (χ0v) is 25.3. The maximum absolute atomic E-state index is 12.2. The molecular formula is C30H28N4O8S2. The molecule has 0 radical (unpaired) electrons. The Hall–Kier alpha value is -4.79. The molecule has 4 rings (SSSR count). The Morgan fingerprint density at radius 3 is 2.27 bits per heavy atom. The largest absolute Gasteiger partial charge is 0.462 e. The van der Waals surface area contributed by atoms with Crippen molar-refractivity contribution < 1.29 is 37.0 Å². The molecule has 0 saturated heterocycles. The number of para-hydroxylation sites is 1. The molecule has 2 N–H and O–H groups in total. The summed E-state index contributed by atoms with van der Waals surface area (Å²) >= 11 is 1.38. The molecule has 0 aliphatic rings. The molecule has 0 unspecified atom stereocenters. The van der Waals surface area contributed by atoms with Gasteiger partial charge in [0.25, 0.3) is 0 Å². The Balaban J connectivity index is 1.34. The number of esters is 3. The van der Waals surface area contributed by atoms with E-state index in [0.717, 1.165) is 5.69 Å². The van der Waals surface area contributed by atoms with Crippen molar-refractivity contribution in [3.05, 3.63) is 84.4 Å². The summed E-state index contributed by atoms with van der Waals surface area (Å²) in [6, 6.07) is 20.0. The number of hydrogen-bond acceptors (Lipinski definition) is 11. The summed E-state index contributed by atoms with van der Waals surface area (Å²) in [5.41, 5.74) is 1.96. The third kappa shape index (κ3) is 9.10. The van der Waals surface area contributed by atoms with Crippen LogP contribution in [0.3, 0.4) is 0 Å². The van der Waals surface area contributed by atoms with Crippen molar-refractivity contribution in [2.45, 2.75) is 30.3 Å². The Morgan fingerprint density at radius 1 is 0.932 bits per heavy atom. The topological polar surface area (TPSA) is 170 Å². The lowest BCUT2D eigenvalue weighted by Crippen LogP contribution is -2.11. The van der Waals surface area contributed by atoms with Crippen LogP contribution in [0.2, 0.25) is 0 Å². The number of carbonyl (C=O) groups excluding carboxylic acids is 3. The maximum atomic E-state index is 12.2. The van der Waals surface area contributed by atoms with Crippen LogP contribution in [0.4, 0.5) is 0 Å². The first-order valence-electron chi connectivity index (χ1n) is 13.1. The molecular weight excluding hydrogens is 608 g/mol. The van der Waals surface area contributed by atoms with Gasteiger partial charge in [-0.1, -0.05) is 36.0 Å². The molecule has 0 bridgehead atoms. The van der Waals surface area contributed by atoms with E-state index in [2.05, 4.69) is 10.1 Å². The van der Waals surface area contributed by atoms with Gasteiger partial charge in [-0.2, -0.15) is 0 Å². The molecule has 3 aromatic carbocycles. The number of aromatic nitrogens is 3. The molecule has 0 saturated carbocycles. The van der Waals surface area contributed by atoms with Crippen LogP contribution in [0.1, 0.15) is 25.8 Å². The van der Waals surface area contributed by atoms with E-state index < -0.39 is 27.9 Å². The van der Waals surface area contributed by atoms with Gasteiger partial charge in [0.1, 0.15) is 0 Å². The van der Waals surface area contributed by atoms with Gasteiger partial charge in [-0.05, 0) is 66.6 Å². The fraction of sp³-hybridized carbons (Fsp3) is 0.167. The Kier molecular flexibility index (Phi) is 10.7. The molecule has 0 aliphatic carbocycles. The number of benzene rings is 3. The minimum absolute atomic E-state index is 0.00469. The molecule has 0 atom stereocenters. The van der Waals surface area contributed by atoms with Crippen LogP contribution >= 0.6 is 11.8 Å². The van der Waals surface area contributed by atoms with Crippen LogP contribution in [0.5, 0.6) is 11.5 Å². The third-order valence-corrected chi connectivity index (χ3v) is 7.53. The van der Waals surface area contributed by atoms with Crippen molar-refractivity contribution in [1.82, 2.24) is 14.8 Å². The summed E-state index contributed by atoms with van der Waals surface area (Å²) in [6.07, 6.45) is 3.25. The van der Waals surface area contributed by atoms with Crippen LogP contribution in [-0.4, -0.2) is 53.4 Å². The highest BCUT2D eigenvalue weighted by Gasteiger charge is 2.16. The second-order valence-corrected chi connectivity index (χ2v) is 11.8. The molecule has 0 amide bonds. The van der Waals surface area contributed by atoms with E-state index in [1.54, 1.807) is 22.9 Å². The molecule has 1 heterocycles. The fourth-order valence-electron chi connectivity index (χ4n) is 3.79. The molecule has 4 aromatic rings. The SMILES string of the molecule is CC(=O)Oc1ccc(/C=C/C(=O)OCCCSc2nc(-c3ccc(S(N)(=O)=O)cc3)n(-c3ccccc3)n2)cc1OC(C)=O. The van der Waals surface area contributed by atoms with E-state index in [1.807, 2.05) is 30.3 Å². The highest BCUT2D eigenvalue weighted by atomic mass is 32.2. The predicted octanol–water partition coefficient (Wildman–Crippen LogP) is 4.17. The van der Waals surface area contributed by atoms with E-state index in [0.29, 0.717) is 34.3 Å². The van der Waals surface area contributed by atoms with E-state index in [9.17, 15) is 22.8 Å². The first-order valence-corrected chi connectivity index (χ1v) is 15.7. The van der Waals surface area contributed by atoms with Crippen molar-refractivity contribution in [2.75, 3.05) is 12.4 Å². The number of nitrogens with two attached hydrogens (primary N) is 1. The van der Waals surface area contributed by atoms with Gasteiger partial charge in [0.05, 0.1) is 17.2 Å². The lowest BCUT2D eigenvalue weighted by atomic mass is 10.2. The van der Waals surface area contributed by atoms with Gasteiger partial charge in [-0.25, -0.2) is 28.0 Å². The zero-order chi connectivity index (χ0) is 31.7. The highest BCUT2D eigenvalue weighted by molar-refractivity contribution is 7.99. The van der Waals surface area contributed by atoms with Crippen LogP contribution < -0.4 is 14.6 Å². The number of rotatable bonds is 12. The zero-order valence-electron chi connectivity index (χ0n) is 23.7. The number of nitrogens with zero attached hydrogens (tertiary/aromatic N) is 3. The first-order chi connectivity index (χ1) is 21.0. The van der Waals surface area contributed by atoms with Gasteiger partial charge in [0, 0.05) is 31.2 Å². The van der Waals surface area contributed by atoms with Gasteiger partial charge in [-0.3, -0.25) is 9.59 Å². The van der Waals surface area contributed by atoms with E-state index in [1.165, 1.54) is 62.0 Å². The molecule has 44 heavy (non-hydrogen) atoms. The Labute approximate surface area is 257 Å². The number of sulfonamides is 1. The van der Waals surface area contributed by atoms with E-state index >= 15 is 0 Å². The molecule has 14 heteroatoms. The molecule has 0 fully saturated rings. The Morgan fingerprint density at radius 2 is 1.61 bits per heavy atom. The van der Waals surface area contributed by atoms with E-state index in [4.69, 9.17) is 19.3 Å². The van der Waals surface area contributed by atoms with Crippen molar-refractivity contribution in [1.29, 1.82) is 0 Å². The molecule has 12 nitrogen and oxygen atoms in total. The maximum Gasteiger partial charge on any atom is 0.330 e. The quantitative estimate of drug-likeness (QED) is 0.0778. The minimum atomic E-state index is -3.83. The van der Waals surface area contributed by atoms with Crippen molar-refractivity contribution >= 4 is 45.8 Å². The van der Waals surface area contributed by atoms with Crippen LogP contribution in [-0.2, 0) is 29.1 Å². The van der Waals surface area contributed by atoms with Gasteiger partial charge < -0.3 is 14.2 Å². The predicted molar refractivity (Wildman–Crippen MR) is 163 cm³/mol. The lowest BCUT2D eigenvalue weighted by Gasteiger charge is -2.09. The average molecular weight is 637 g/mol. The summed E-state index contributed by atoms with van der Waals surface area (Å²) in [6.45, 7) is 2.60. The number of carbonyl (C=O) groups is 3. The monoisotopic (exact) mass is 636 g/mol. The highest BCUT2D eigenvalue weighted by Crippen LogP contribution is 2.30. The summed E-state index contributed by atoms with van der Waals surface area (Å²) in [4.78, 5) is 39.5. The summed E-state index contributed by atoms with van der Waals surface area (Å²) in [5, 5.41) is 10.3. The molecule has 1 aromatic heterocycles. The molecule has 0 aliphatic heterocycles.